The average molecular weight is 312 g/mol. The van der Waals surface area contributed by atoms with Crippen LogP contribution in [0.15, 0.2) is 22.8 Å². The van der Waals surface area contributed by atoms with Crippen LogP contribution in [0.25, 0.3) is 0 Å². The summed E-state index contributed by atoms with van der Waals surface area (Å²) >= 11 is 3.43. The Hall–Kier alpha value is -0.450. The Kier molecular flexibility index (Phi) is 4.41. The zero-order valence-corrected chi connectivity index (χ0v) is 13.0. The number of hydrogen-bond acceptors (Lipinski definition) is 3. The van der Waals surface area contributed by atoms with Gasteiger partial charge in [-0.1, -0.05) is 6.92 Å². The molecule has 0 aliphatic carbocycles. The first-order valence-electron chi connectivity index (χ1n) is 6.62. The van der Waals surface area contributed by atoms with E-state index in [0.29, 0.717) is 6.04 Å². The molecule has 0 spiro atoms. The summed E-state index contributed by atoms with van der Waals surface area (Å²) in [6.07, 6.45) is 3.04. The zero-order chi connectivity index (χ0) is 13.2. The highest BCUT2D eigenvalue weighted by Gasteiger charge is 2.34. The van der Waals surface area contributed by atoms with Gasteiger partial charge in [-0.25, -0.2) is 0 Å². The van der Waals surface area contributed by atoms with Gasteiger partial charge in [0.15, 0.2) is 0 Å². The van der Waals surface area contributed by atoms with Crippen molar-refractivity contribution in [3.8, 4) is 0 Å². The lowest BCUT2D eigenvalue weighted by Crippen LogP contribution is -2.61. The van der Waals surface area contributed by atoms with Gasteiger partial charge >= 0.3 is 0 Å². The maximum absolute atomic E-state index is 4.49. The van der Waals surface area contributed by atoms with E-state index >= 15 is 0 Å². The molecule has 2 unspecified atom stereocenters. The van der Waals surface area contributed by atoms with E-state index in [1.807, 2.05) is 6.20 Å². The molecular weight excluding hydrogens is 290 g/mol. The first kappa shape index (κ1) is 14.0. The molecule has 2 atom stereocenters. The Morgan fingerprint density at radius 3 is 2.94 bits per heavy atom. The number of piperazine rings is 1. The summed E-state index contributed by atoms with van der Waals surface area (Å²) in [6.45, 7) is 9.93. The van der Waals surface area contributed by atoms with Gasteiger partial charge in [0, 0.05) is 41.9 Å². The number of halogens is 1. The van der Waals surface area contributed by atoms with Crippen LogP contribution in [0, 0.1) is 0 Å². The van der Waals surface area contributed by atoms with Gasteiger partial charge in [0.05, 0.1) is 5.69 Å². The predicted molar refractivity (Wildman–Crippen MR) is 78.5 cm³/mol. The highest BCUT2D eigenvalue weighted by molar-refractivity contribution is 9.10. The molecule has 1 aromatic rings. The highest BCUT2D eigenvalue weighted by Crippen LogP contribution is 2.24. The standard InChI is InChI=1S/C14H22BrN3/c1-4-14(3)10-17-11(2)8-18(14)9-13-6-5-12(15)7-16-13/h5-7,11,17H,4,8-10H2,1-3H3. The van der Waals surface area contributed by atoms with E-state index in [2.05, 4.69) is 64.0 Å². The summed E-state index contributed by atoms with van der Waals surface area (Å²) in [5.41, 5.74) is 1.38. The number of nitrogens with one attached hydrogen (secondary N) is 1. The molecule has 18 heavy (non-hydrogen) atoms. The normalized spacial score (nSPS) is 29.4. The van der Waals surface area contributed by atoms with E-state index in [-0.39, 0.29) is 5.54 Å². The molecule has 4 heteroatoms. The predicted octanol–water partition coefficient (Wildman–Crippen LogP) is 2.81. The van der Waals surface area contributed by atoms with Crippen molar-refractivity contribution < 1.29 is 0 Å². The van der Waals surface area contributed by atoms with Gasteiger partial charge in [-0.15, -0.1) is 0 Å². The van der Waals surface area contributed by atoms with Gasteiger partial charge < -0.3 is 5.32 Å². The Balaban J connectivity index is 2.11. The van der Waals surface area contributed by atoms with Gasteiger partial charge in [0.2, 0.25) is 0 Å². The van der Waals surface area contributed by atoms with E-state index in [1.54, 1.807) is 0 Å². The van der Waals surface area contributed by atoms with Crippen LogP contribution in [0.4, 0.5) is 0 Å². The van der Waals surface area contributed by atoms with E-state index in [0.717, 1.165) is 36.2 Å². The van der Waals surface area contributed by atoms with E-state index in [9.17, 15) is 0 Å². The second-order valence-electron chi connectivity index (χ2n) is 5.48. The van der Waals surface area contributed by atoms with E-state index in [4.69, 9.17) is 0 Å². The molecule has 1 aliphatic rings. The summed E-state index contributed by atoms with van der Waals surface area (Å²) < 4.78 is 1.04. The molecular formula is C14H22BrN3. The molecule has 0 saturated carbocycles. The van der Waals surface area contributed by atoms with Crippen molar-refractivity contribution in [1.29, 1.82) is 0 Å². The molecule has 0 radical (unpaired) electrons. The molecule has 100 valence electrons. The Morgan fingerprint density at radius 2 is 2.33 bits per heavy atom. The summed E-state index contributed by atoms with van der Waals surface area (Å²) in [7, 11) is 0. The smallest absolute Gasteiger partial charge is 0.0545 e. The fourth-order valence-corrected chi connectivity index (χ4v) is 2.66. The van der Waals surface area contributed by atoms with Gasteiger partial charge in [-0.2, -0.15) is 0 Å². The molecule has 1 aromatic heterocycles. The average Bonchev–Trinajstić information content (AvgIpc) is 2.37. The van der Waals surface area contributed by atoms with Crippen molar-refractivity contribution in [3.63, 3.8) is 0 Å². The molecule has 1 N–H and O–H groups in total. The quantitative estimate of drug-likeness (QED) is 0.930. The van der Waals surface area contributed by atoms with Crippen molar-refractivity contribution in [2.24, 2.45) is 0 Å². The second kappa shape index (κ2) is 5.68. The topological polar surface area (TPSA) is 28.2 Å². The van der Waals surface area contributed by atoms with E-state index < -0.39 is 0 Å². The van der Waals surface area contributed by atoms with Crippen molar-refractivity contribution in [1.82, 2.24) is 15.2 Å². The largest absolute Gasteiger partial charge is 0.311 e. The number of nitrogens with zero attached hydrogens (tertiary/aromatic N) is 2. The van der Waals surface area contributed by atoms with Crippen LogP contribution in [-0.2, 0) is 6.54 Å². The fraction of sp³-hybridized carbons (Fsp3) is 0.643. The minimum absolute atomic E-state index is 0.237. The number of rotatable bonds is 3. The van der Waals surface area contributed by atoms with Crippen molar-refractivity contribution in [2.75, 3.05) is 13.1 Å². The zero-order valence-electron chi connectivity index (χ0n) is 11.4. The molecule has 1 saturated heterocycles. The third kappa shape index (κ3) is 3.11. The van der Waals surface area contributed by atoms with Gasteiger partial charge in [0.1, 0.15) is 0 Å². The second-order valence-corrected chi connectivity index (χ2v) is 6.40. The van der Waals surface area contributed by atoms with Gasteiger partial charge in [-0.05, 0) is 48.3 Å². The van der Waals surface area contributed by atoms with Crippen LogP contribution in [0.2, 0.25) is 0 Å². The lowest BCUT2D eigenvalue weighted by molar-refractivity contribution is 0.0442. The molecule has 0 bridgehead atoms. The van der Waals surface area contributed by atoms with Crippen molar-refractivity contribution in [3.05, 3.63) is 28.5 Å². The van der Waals surface area contributed by atoms with Crippen LogP contribution in [0.5, 0.6) is 0 Å². The Labute approximate surface area is 118 Å². The molecule has 2 rings (SSSR count). The number of hydrogen-bond donors (Lipinski definition) is 1. The molecule has 3 nitrogen and oxygen atoms in total. The van der Waals surface area contributed by atoms with Gasteiger partial charge in [0.25, 0.3) is 0 Å². The SMILES string of the molecule is CCC1(C)CNC(C)CN1Cc1ccc(Br)cn1. The first-order chi connectivity index (χ1) is 8.53. The molecule has 1 fully saturated rings. The third-order valence-electron chi connectivity index (χ3n) is 3.99. The Bertz CT molecular complexity index is 393. The van der Waals surface area contributed by atoms with Gasteiger partial charge in [-0.3, -0.25) is 9.88 Å². The van der Waals surface area contributed by atoms with Crippen LogP contribution in [0.3, 0.4) is 0 Å². The van der Waals surface area contributed by atoms with Crippen LogP contribution < -0.4 is 5.32 Å². The summed E-state index contributed by atoms with van der Waals surface area (Å²) in [6, 6.07) is 4.73. The summed E-state index contributed by atoms with van der Waals surface area (Å²) in [5, 5.41) is 3.58. The summed E-state index contributed by atoms with van der Waals surface area (Å²) in [5.74, 6) is 0. The minimum atomic E-state index is 0.237. The highest BCUT2D eigenvalue weighted by atomic mass is 79.9. The lowest BCUT2D eigenvalue weighted by Gasteiger charge is -2.47. The molecule has 0 amide bonds. The van der Waals surface area contributed by atoms with Crippen molar-refractivity contribution in [2.45, 2.75) is 45.3 Å². The molecule has 2 heterocycles. The lowest BCUT2D eigenvalue weighted by atomic mass is 9.92. The molecule has 1 aliphatic heterocycles. The summed E-state index contributed by atoms with van der Waals surface area (Å²) in [4.78, 5) is 7.05. The van der Waals surface area contributed by atoms with Crippen LogP contribution in [-0.4, -0.2) is 34.6 Å². The first-order valence-corrected chi connectivity index (χ1v) is 7.41. The molecule has 0 aromatic carbocycles. The minimum Gasteiger partial charge on any atom is -0.311 e. The maximum atomic E-state index is 4.49. The Morgan fingerprint density at radius 1 is 1.56 bits per heavy atom. The van der Waals surface area contributed by atoms with Crippen molar-refractivity contribution >= 4 is 15.9 Å². The van der Waals surface area contributed by atoms with Crippen LogP contribution >= 0.6 is 15.9 Å². The third-order valence-corrected chi connectivity index (χ3v) is 4.46. The number of aromatic nitrogens is 1. The van der Waals surface area contributed by atoms with Crippen LogP contribution in [0.1, 0.15) is 32.9 Å². The maximum Gasteiger partial charge on any atom is 0.0545 e. The van der Waals surface area contributed by atoms with E-state index in [1.165, 1.54) is 0 Å². The number of pyridine rings is 1. The monoisotopic (exact) mass is 311 g/mol. The fourth-order valence-electron chi connectivity index (χ4n) is 2.42.